The van der Waals surface area contributed by atoms with Crippen LogP contribution in [0.25, 0.3) is 0 Å². The molecule has 0 aliphatic carbocycles. The van der Waals surface area contributed by atoms with E-state index in [0.29, 0.717) is 5.82 Å². The molecule has 0 spiro atoms. The molecule has 0 saturated carbocycles. The van der Waals surface area contributed by atoms with Crippen molar-refractivity contribution in [1.82, 2.24) is 20.7 Å². The SMILES string of the molecule is CC1CC(Nc2ccc(F)c(C[C@@]3(C(=O)O)CCN(C(=O)Cc4cccc(Cl)c4F)[C@H](C)C3)n2)NN1. The average molecular weight is 522 g/mol. The van der Waals surface area contributed by atoms with Crippen LogP contribution in [0.15, 0.2) is 30.3 Å². The molecule has 2 saturated heterocycles. The van der Waals surface area contributed by atoms with Gasteiger partial charge in [0.15, 0.2) is 0 Å². The first kappa shape index (κ1) is 26.2. The summed E-state index contributed by atoms with van der Waals surface area (Å²) < 4.78 is 29.0. The highest BCUT2D eigenvalue weighted by molar-refractivity contribution is 6.30. The van der Waals surface area contributed by atoms with E-state index < -0.39 is 29.1 Å². The molecule has 2 fully saturated rings. The van der Waals surface area contributed by atoms with Crippen molar-refractivity contribution in [3.8, 4) is 0 Å². The third-order valence-corrected chi connectivity index (χ3v) is 7.33. The molecule has 1 amide bonds. The molecule has 2 aliphatic rings. The highest BCUT2D eigenvalue weighted by Crippen LogP contribution is 2.39. The lowest BCUT2D eigenvalue weighted by molar-refractivity contribution is -0.156. The quantitative estimate of drug-likeness (QED) is 0.442. The number of piperidine rings is 1. The number of carboxylic acid groups (broad SMARTS) is 1. The van der Waals surface area contributed by atoms with E-state index >= 15 is 0 Å². The number of nitrogens with zero attached hydrogens (tertiary/aromatic N) is 2. The van der Waals surface area contributed by atoms with E-state index in [9.17, 15) is 23.5 Å². The van der Waals surface area contributed by atoms with Gasteiger partial charge in [-0.1, -0.05) is 23.7 Å². The summed E-state index contributed by atoms with van der Waals surface area (Å²) in [6.45, 7) is 3.94. The van der Waals surface area contributed by atoms with Crippen LogP contribution in [0, 0.1) is 17.0 Å². The van der Waals surface area contributed by atoms with Crippen LogP contribution in [0.2, 0.25) is 5.02 Å². The van der Waals surface area contributed by atoms with Gasteiger partial charge in [0.25, 0.3) is 0 Å². The molecule has 8 nitrogen and oxygen atoms in total. The number of halogens is 3. The number of aromatic nitrogens is 1. The minimum Gasteiger partial charge on any atom is -0.481 e. The molecular weight excluding hydrogens is 492 g/mol. The van der Waals surface area contributed by atoms with Crippen LogP contribution in [0.4, 0.5) is 14.6 Å². The molecule has 2 unspecified atom stereocenters. The van der Waals surface area contributed by atoms with E-state index in [2.05, 4.69) is 21.2 Å². The van der Waals surface area contributed by atoms with Crippen LogP contribution in [-0.2, 0) is 22.4 Å². The Hall–Kier alpha value is -2.82. The van der Waals surface area contributed by atoms with Crippen LogP contribution >= 0.6 is 11.6 Å². The van der Waals surface area contributed by atoms with Gasteiger partial charge in [-0.25, -0.2) is 19.2 Å². The maximum atomic E-state index is 14.7. The van der Waals surface area contributed by atoms with Gasteiger partial charge in [0.1, 0.15) is 17.5 Å². The van der Waals surface area contributed by atoms with Gasteiger partial charge in [-0.2, -0.15) is 0 Å². The molecule has 4 rings (SSSR count). The molecule has 4 N–H and O–H groups in total. The van der Waals surface area contributed by atoms with E-state index in [4.69, 9.17) is 11.6 Å². The van der Waals surface area contributed by atoms with E-state index in [1.54, 1.807) is 17.9 Å². The van der Waals surface area contributed by atoms with E-state index in [1.165, 1.54) is 24.3 Å². The zero-order chi connectivity index (χ0) is 26.0. The second kappa shape index (κ2) is 10.7. The van der Waals surface area contributed by atoms with Crippen molar-refractivity contribution in [2.45, 2.75) is 64.2 Å². The molecule has 4 atom stereocenters. The van der Waals surface area contributed by atoms with Gasteiger partial charge in [0, 0.05) is 25.0 Å². The van der Waals surface area contributed by atoms with E-state index in [1.807, 2.05) is 6.92 Å². The first-order valence-electron chi connectivity index (χ1n) is 12.0. The first-order valence-corrected chi connectivity index (χ1v) is 12.3. The Morgan fingerprint density at radius 2 is 2.03 bits per heavy atom. The molecular formula is C25H30ClF2N5O3. The third-order valence-electron chi connectivity index (χ3n) is 7.04. The maximum Gasteiger partial charge on any atom is 0.310 e. The second-order valence-corrected chi connectivity index (χ2v) is 10.2. The third kappa shape index (κ3) is 5.61. The second-order valence-electron chi connectivity index (χ2n) is 9.79. The largest absolute Gasteiger partial charge is 0.481 e. The summed E-state index contributed by atoms with van der Waals surface area (Å²) in [4.78, 5) is 31.3. The number of hydrogen-bond acceptors (Lipinski definition) is 6. The van der Waals surface area contributed by atoms with E-state index in [-0.39, 0.29) is 66.6 Å². The Balaban J connectivity index is 1.47. The van der Waals surface area contributed by atoms with Crippen molar-refractivity contribution < 1.29 is 23.5 Å². The summed E-state index contributed by atoms with van der Waals surface area (Å²) in [5.41, 5.74) is 5.14. The lowest BCUT2D eigenvalue weighted by Gasteiger charge is -2.43. The molecule has 0 bridgehead atoms. The summed E-state index contributed by atoms with van der Waals surface area (Å²) in [7, 11) is 0. The highest BCUT2D eigenvalue weighted by atomic mass is 35.5. The van der Waals surface area contributed by atoms with Gasteiger partial charge < -0.3 is 15.3 Å². The molecule has 36 heavy (non-hydrogen) atoms. The summed E-state index contributed by atoms with van der Waals surface area (Å²) in [6, 6.07) is 7.13. The lowest BCUT2D eigenvalue weighted by atomic mass is 9.72. The number of carbonyl (C=O) groups is 2. The van der Waals surface area contributed by atoms with Crippen LogP contribution in [0.5, 0.6) is 0 Å². The number of pyridine rings is 1. The van der Waals surface area contributed by atoms with Crippen molar-refractivity contribution in [3.05, 3.63) is 58.2 Å². The number of nitrogens with one attached hydrogen (secondary N) is 3. The normalized spacial score (nSPS) is 26.1. The number of benzene rings is 1. The van der Waals surface area contributed by atoms with Crippen molar-refractivity contribution in [2.24, 2.45) is 5.41 Å². The Morgan fingerprint density at radius 1 is 1.25 bits per heavy atom. The van der Waals surface area contributed by atoms with Crippen molar-refractivity contribution >= 4 is 29.3 Å². The van der Waals surface area contributed by atoms with E-state index in [0.717, 1.165) is 6.42 Å². The van der Waals surface area contributed by atoms with Gasteiger partial charge in [-0.05, 0) is 56.9 Å². The number of amides is 1. The van der Waals surface area contributed by atoms with Gasteiger partial charge in [-0.3, -0.25) is 15.0 Å². The van der Waals surface area contributed by atoms with Crippen LogP contribution in [-0.4, -0.2) is 51.7 Å². The molecule has 11 heteroatoms. The van der Waals surface area contributed by atoms with Gasteiger partial charge >= 0.3 is 5.97 Å². The summed E-state index contributed by atoms with van der Waals surface area (Å²) in [6.07, 6.45) is 0.679. The summed E-state index contributed by atoms with van der Waals surface area (Å²) in [5.74, 6) is -2.13. The maximum absolute atomic E-state index is 14.7. The number of carboxylic acids is 1. The Morgan fingerprint density at radius 3 is 2.69 bits per heavy atom. The van der Waals surface area contributed by atoms with Crippen LogP contribution in [0.3, 0.4) is 0 Å². The molecule has 1 aromatic carbocycles. The van der Waals surface area contributed by atoms with Gasteiger partial charge in [0.05, 0.1) is 28.7 Å². The molecule has 2 aliphatic heterocycles. The molecule has 1 aromatic heterocycles. The summed E-state index contributed by atoms with van der Waals surface area (Å²) >= 11 is 5.83. The molecule has 194 valence electrons. The number of hydrazine groups is 1. The number of aliphatic carboxylic acids is 1. The summed E-state index contributed by atoms with van der Waals surface area (Å²) in [5, 5.41) is 13.3. The fraction of sp³-hybridized carbons (Fsp3) is 0.480. The Kier molecular flexibility index (Phi) is 7.77. The Bertz CT molecular complexity index is 1150. The van der Waals surface area contributed by atoms with Gasteiger partial charge in [-0.15, -0.1) is 0 Å². The topological polar surface area (TPSA) is 107 Å². The fourth-order valence-corrected chi connectivity index (χ4v) is 5.27. The predicted molar refractivity (Wildman–Crippen MR) is 131 cm³/mol. The molecule has 0 radical (unpaired) electrons. The van der Waals surface area contributed by atoms with Crippen molar-refractivity contribution in [3.63, 3.8) is 0 Å². The highest BCUT2D eigenvalue weighted by Gasteiger charge is 2.46. The number of likely N-dealkylation sites (tertiary alicyclic amines) is 1. The minimum atomic E-state index is -1.29. The van der Waals surface area contributed by atoms with Gasteiger partial charge in [0.2, 0.25) is 5.91 Å². The van der Waals surface area contributed by atoms with Crippen molar-refractivity contribution in [2.75, 3.05) is 11.9 Å². The monoisotopic (exact) mass is 521 g/mol. The smallest absolute Gasteiger partial charge is 0.310 e. The minimum absolute atomic E-state index is 0.0578. The number of hydrogen-bond donors (Lipinski definition) is 4. The van der Waals surface area contributed by atoms with Crippen molar-refractivity contribution in [1.29, 1.82) is 0 Å². The zero-order valence-corrected chi connectivity index (χ0v) is 20.9. The predicted octanol–water partition coefficient (Wildman–Crippen LogP) is 3.50. The Labute approximate surface area is 213 Å². The average Bonchev–Trinajstić information content (AvgIpc) is 3.23. The zero-order valence-electron chi connectivity index (χ0n) is 20.2. The molecule has 2 aromatic rings. The lowest BCUT2D eigenvalue weighted by Crippen LogP contribution is -2.52. The first-order chi connectivity index (χ1) is 17.1. The standard InChI is InChI=1S/C25H30ClF2N5O3/c1-14-10-21(32-31-14)30-20-7-6-18(27)19(29-20)13-25(24(35)36)8-9-33(15(2)12-25)22(34)11-16-4-3-5-17(26)23(16)28/h3-7,14-15,21,31-32H,8-13H2,1-2H3,(H,29,30)(H,35,36)/t14?,15-,21?,25-/m1/s1. The molecule has 3 heterocycles. The fourth-order valence-electron chi connectivity index (χ4n) is 5.08. The number of carbonyl (C=O) groups excluding carboxylic acids is 1. The van der Waals surface area contributed by atoms with Crippen LogP contribution < -0.4 is 16.2 Å². The number of anilines is 1. The van der Waals surface area contributed by atoms with Crippen LogP contribution in [0.1, 0.15) is 44.4 Å². The number of rotatable bonds is 7.